The summed E-state index contributed by atoms with van der Waals surface area (Å²) >= 11 is 0. The van der Waals surface area contributed by atoms with Crippen LogP contribution < -0.4 is 0 Å². The van der Waals surface area contributed by atoms with E-state index in [0.29, 0.717) is 0 Å². The smallest absolute Gasteiger partial charge is 0.224 e. The number of hydrogen-bond donors (Lipinski definition) is 0. The summed E-state index contributed by atoms with van der Waals surface area (Å²) in [6.45, 7) is 0. The van der Waals surface area contributed by atoms with Crippen LogP contribution in [-0.4, -0.2) is 11.3 Å². The Labute approximate surface area is 107 Å². The maximum atomic E-state index is 13.4. The third-order valence-electron chi connectivity index (χ3n) is 2.47. The van der Waals surface area contributed by atoms with Crippen LogP contribution in [-0.2, 0) is 0 Å². The van der Waals surface area contributed by atoms with Crippen molar-refractivity contribution >= 4 is 6.29 Å². The first kappa shape index (κ1) is 14.0. The number of carbonyl (C=O) groups excluding carboxylic acids is 1. The van der Waals surface area contributed by atoms with E-state index in [4.69, 9.17) is 0 Å². The Bertz CT molecular complexity index is 687. The molecule has 0 saturated heterocycles. The summed E-state index contributed by atoms with van der Waals surface area (Å²) in [5, 5.41) is 0. The Morgan fingerprint density at radius 1 is 0.800 bits per heavy atom. The minimum absolute atomic E-state index is 0.0880. The Kier molecular flexibility index (Phi) is 3.47. The van der Waals surface area contributed by atoms with Gasteiger partial charge in [0, 0.05) is 0 Å². The Hall–Kier alpha value is -2.38. The zero-order chi connectivity index (χ0) is 15.0. The lowest BCUT2D eigenvalue weighted by molar-refractivity contribution is 0.111. The van der Waals surface area contributed by atoms with Crippen molar-refractivity contribution in [2.75, 3.05) is 0 Å². The number of nitrogens with zero attached hydrogens (tertiary/aromatic N) is 1. The van der Waals surface area contributed by atoms with E-state index < -0.39 is 51.9 Å². The van der Waals surface area contributed by atoms with Gasteiger partial charge in [0.25, 0.3) is 0 Å². The highest BCUT2D eigenvalue weighted by Gasteiger charge is 2.27. The predicted molar refractivity (Wildman–Crippen MR) is 54.8 cm³/mol. The summed E-state index contributed by atoms with van der Waals surface area (Å²) in [4.78, 5) is 13.4. The number of pyridine rings is 1. The number of aromatic nitrogens is 1. The molecule has 0 radical (unpaired) electrons. The molecule has 0 bridgehead atoms. The van der Waals surface area contributed by atoms with E-state index in [9.17, 15) is 31.1 Å². The number of hydrogen-bond acceptors (Lipinski definition) is 2. The molecule has 0 fully saturated rings. The molecular weight excluding hydrogens is 288 g/mol. The SMILES string of the molecule is O=Cc1ccc(-c2c(F)c(F)c(F)c(F)c2F)nc1F. The van der Waals surface area contributed by atoms with Gasteiger partial charge in [-0.2, -0.15) is 4.39 Å². The third-order valence-corrected chi connectivity index (χ3v) is 2.47. The van der Waals surface area contributed by atoms with E-state index in [0.717, 1.165) is 12.1 Å². The van der Waals surface area contributed by atoms with E-state index in [1.54, 1.807) is 0 Å². The lowest BCUT2D eigenvalue weighted by atomic mass is 10.1. The minimum atomic E-state index is -2.33. The van der Waals surface area contributed by atoms with Crippen molar-refractivity contribution in [3.8, 4) is 11.3 Å². The molecule has 0 spiro atoms. The maximum absolute atomic E-state index is 13.4. The third kappa shape index (κ3) is 2.02. The Morgan fingerprint density at radius 2 is 1.30 bits per heavy atom. The van der Waals surface area contributed by atoms with Crippen molar-refractivity contribution in [1.82, 2.24) is 4.98 Å². The Morgan fingerprint density at radius 3 is 1.75 bits per heavy atom. The number of halogens is 6. The van der Waals surface area contributed by atoms with E-state index in [1.165, 1.54) is 0 Å². The molecule has 104 valence electrons. The molecule has 8 heteroatoms. The number of carbonyl (C=O) groups is 1. The van der Waals surface area contributed by atoms with E-state index in [-0.39, 0.29) is 6.29 Å². The molecule has 0 aliphatic rings. The minimum Gasteiger partial charge on any atom is -0.298 e. The van der Waals surface area contributed by atoms with Crippen molar-refractivity contribution in [2.45, 2.75) is 0 Å². The first-order chi connectivity index (χ1) is 9.38. The van der Waals surface area contributed by atoms with Crippen LogP contribution >= 0.6 is 0 Å². The van der Waals surface area contributed by atoms with Crippen LogP contribution in [0.5, 0.6) is 0 Å². The number of rotatable bonds is 2. The Balaban J connectivity index is 2.76. The monoisotopic (exact) mass is 291 g/mol. The second-order valence-corrected chi connectivity index (χ2v) is 3.64. The van der Waals surface area contributed by atoms with Crippen molar-refractivity contribution in [2.24, 2.45) is 0 Å². The molecule has 0 unspecified atom stereocenters. The van der Waals surface area contributed by atoms with Gasteiger partial charge in [0.2, 0.25) is 11.8 Å². The summed E-state index contributed by atoms with van der Waals surface area (Å²) in [5.41, 5.74) is -2.70. The maximum Gasteiger partial charge on any atom is 0.224 e. The van der Waals surface area contributed by atoms with Gasteiger partial charge in [-0.05, 0) is 12.1 Å². The van der Waals surface area contributed by atoms with Crippen LogP contribution in [0.1, 0.15) is 10.4 Å². The van der Waals surface area contributed by atoms with Gasteiger partial charge < -0.3 is 0 Å². The van der Waals surface area contributed by atoms with Crippen LogP contribution in [0.4, 0.5) is 26.3 Å². The van der Waals surface area contributed by atoms with Gasteiger partial charge in [0.15, 0.2) is 29.6 Å². The normalized spacial score (nSPS) is 10.7. The fraction of sp³-hybridized carbons (Fsp3) is 0. The summed E-state index contributed by atoms with van der Waals surface area (Å²) in [6, 6.07) is 1.58. The molecule has 20 heavy (non-hydrogen) atoms. The lowest BCUT2D eigenvalue weighted by Crippen LogP contribution is -2.06. The quantitative estimate of drug-likeness (QED) is 0.279. The summed E-state index contributed by atoms with van der Waals surface area (Å²) < 4.78 is 79.0. The first-order valence-corrected chi connectivity index (χ1v) is 5.02. The van der Waals surface area contributed by atoms with Crippen LogP contribution in [0, 0.1) is 35.0 Å². The molecule has 0 atom stereocenters. The molecule has 2 aromatic rings. The molecular formula is C12H3F6NO. The standard InChI is InChI=1S/C12H3F6NO/c13-7-6(8(14)10(16)11(17)9(7)15)5-2-1-4(3-20)12(18)19-5/h1-3H. The highest BCUT2D eigenvalue weighted by atomic mass is 19.2. The summed E-state index contributed by atoms with van der Waals surface area (Å²) in [6.07, 6.45) is 0.0880. The molecule has 0 saturated carbocycles. The van der Waals surface area contributed by atoms with Gasteiger partial charge in [-0.1, -0.05) is 0 Å². The van der Waals surface area contributed by atoms with Crippen molar-refractivity contribution in [3.05, 3.63) is 52.7 Å². The molecule has 0 amide bonds. The summed E-state index contributed by atoms with van der Waals surface area (Å²) in [7, 11) is 0. The van der Waals surface area contributed by atoms with Gasteiger partial charge in [-0.15, -0.1) is 0 Å². The second kappa shape index (κ2) is 4.95. The molecule has 0 N–H and O–H groups in total. The fourth-order valence-corrected chi connectivity index (χ4v) is 1.50. The van der Waals surface area contributed by atoms with Gasteiger partial charge >= 0.3 is 0 Å². The van der Waals surface area contributed by atoms with Gasteiger partial charge in [0.05, 0.1) is 16.8 Å². The molecule has 1 aromatic heterocycles. The molecule has 1 aromatic carbocycles. The van der Waals surface area contributed by atoms with Crippen molar-refractivity contribution in [3.63, 3.8) is 0 Å². The topological polar surface area (TPSA) is 30.0 Å². The summed E-state index contributed by atoms with van der Waals surface area (Å²) in [5.74, 6) is -12.3. The highest BCUT2D eigenvalue weighted by Crippen LogP contribution is 2.30. The lowest BCUT2D eigenvalue weighted by Gasteiger charge is -2.08. The first-order valence-electron chi connectivity index (χ1n) is 5.02. The van der Waals surface area contributed by atoms with Crippen molar-refractivity contribution < 1.29 is 31.1 Å². The molecule has 0 aliphatic carbocycles. The van der Waals surface area contributed by atoms with Gasteiger partial charge in [-0.3, -0.25) is 4.79 Å². The average Bonchev–Trinajstić information content (AvgIpc) is 2.43. The molecule has 1 heterocycles. The molecule has 0 aliphatic heterocycles. The van der Waals surface area contributed by atoms with Gasteiger partial charge in [0.1, 0.15) is 0 Å². The van der Waals surface area contributed by atoms with Crippen LogP contribution in [0.15, 0.2) is 12.1 Å². The number of benzene rings is 1. The number of aldehydes is 1. The van der Waals surface area contributed by atoms with Crippen LogP contribution in [0.3, 0.4) is 0 Å². The molecule has 2 nitrogen and oxygen atoms in total. The van der Waals surface area contributed by atoms with Crippen LogP contribution in [0.2, 0.25) is 0 Å². The largest absolute Gasteiger partial charge is 0.298 e. The second-order valence-electron chi connectivity index (χ2n) is 3.64. The van der Waals surface area contributed by atoms with E-state index in [2.05, 4.69) is 4.98 Å². The van der Waals surface area contributed by atoms with Crippen LogP contribution in [0.25, 0.3) is 11.3 Å². The predicted octanol–water partition coefficient (Wildman–Crippen LogP) is 3.40. The molecule has 2 rings (SSSR count). The van der Waals surface area contributed by atoms with E-state index >= 15 is 0 Å². The zero-order valence-corrected chi connectivity index (χ0v) is 9.36. The highest BCUT2D eigenvalue weighted by molar-refractivity contribution is 5.75. The average molecular weight is 291 g/mol. The zero-order valence-electron chi connectivity index (χ0n) is 9.36. The van der Waals surface area contributed by atoms with Crippen molar-refractivity contribution in [1.29, 1.82) is 0 Å². The van der Waals surface area contributed by atoms with Gasteiger partial charge in [-0.25, -0.2) is 26.9 Å². The van der Waals surface area contributed by atoms with E-state index in [1.807, 2.05) is 0 Å². The fourth-order valence-electron chi connectivity index (χ4n) is 1.50.